The molecule has 0 aromatic carbocycles. The Labute approximate surface area is 78.4 Å². The Morgan fingerprint density at radius 2 is 2.15 bits per heavy atom. The van der Waals surface area contributed by atoms with E-state index in [4.69, 9.17) is 0 Å². The van der Waals surface area contributed by atoms with Crippen molar-refractivity contribution >= 4 is 12.2 Å². The molecule has 0 bridgehead atoms. The Balaban J connectivity index is 3.38. The minimum atomic E-state index is 0.980. The third kappa shape index (κ3) is 2.51. The predicted molar refractivity (Wildman–Crippen MR) is 55.3 cm³/mol. The first-order valence-electron chi connectivity index (χ1n) is 4.35. The lowest BCUT2D eigenvalue weighted by atomic mass is 10.2. The molecule has 0 unspecified atom stereocenters. The van der Waals surface area contributed by atoms with Gasteiger partial charge in [-0.2, -0.15) is 0 Å². The quantitative estimate of drug-likeness (QED) is 0.635. The number of allylic oxidation sites excluding steroid dienone is 2. The van der Waals surface area contributed by atoms with Crippen LogP contribution in [0.3, 0.4) is 0 Å². The molecule has 0 saturated heterocycles. The van der Waals surface area contributed by atoms with Crippen molar-refractivity contribution in [2.24, 2.45) is 0 Å². The van der Waals surface area contributed by atoms with Crippen LogP contribution in [0.1, 0.15) is 20.8 Å². The molecule has 1 aromatic rings. The highest BCUT2D eigenvalue weighted by Gasteiger charge is 1.85. The lowest BCUT2D eigenvalue weighted by Crippen LogP contribution is -2.28. The second kappa shape index (κ2) is 4.55. The summed E-state index contributed by atoms with van der Waals surface area (Å²) in [5.74, 6) is 0. The number of nitrogens with zero attached hydrogens (tertiary/aromatic N) is 2. The lowest BCUT2D eigenvalue weighted by molar-refractivity contribution is 1.10. The van der Waals surface area contributed by atoms with Crippen molar-refractivity contribution in [2.75, 3.05) is 0 Å². The first-order valence-corrected chi connectivity index (χ1v) is 4.35. The average Bonchev–Trinajstić information content (AvgIpc) is 2.18. The van der Waals surface area contributed by atoms with Crippen molar-refractivity contribution in [3.05, 3.63) is 34.7 Å². The van der Waals surface area contributed by atoms with E-state index in [1.165, 1.54) is 5.57 Å². The lowest BCUT2D eigenvalue weighted by Gasteiger charge is -1.90. The van der Waals surface area contributed by atoms with Gasteiger partial charge in [0.05, 0.1) is 5.35 Å². The Morgan fingerprint density at radius 3 is 2.77 bits per heavy atom. The van der Waals surface area contributed by atoms with Crippen molar-refractivity contribution in [3.8, 4) is 0 Å². The molecule has 0 saturated carbocycles. The van der Waals surface area contributed by atoms with Gasteiger partial charge in [-0.25, -0.2) is 9.97 Å². The highest BCUT2D eigenvalue weighted by molar-refractivity contribution is 5.43. The van der Waals surface area contributed by atoms with E-state index >= 15 is 0 Å². The molecule has 0 atom stereocenters. The van der Waals surface area contributed by atoms with E-state index in [1.807, 2.05) is 26.1 Å². The average molecular weight is 174 g/mol. The Bertz CT molecular complexity index is 416. The smallest absolute Gasteiger partial charge is 0.116 e. The first-order chi connectivity index (χ1) is 6.27. The first kappa shape index (κ1) is 9.65. The molecule has 1 aromatic heterocycles. The molecule has 1 heterocycles. The van der Waals surface area contributed by atoms with Gasteiger partial charge >= 0.3 is 0 Å². The van der Waals surface area contributed by atoms with Crippen LogP contribution < -0.4 is 10.6 Å². The van der Waals surface area contributed by atoms with Crippen LogP contribution in [-0.4, -0.2) is 9.97 Å². The molecule has 0 fully saturated rings. The fourth-order valence-electron chi connectivity index (χ4n) is 0.992. The van der Waals surface area contributed by atoms with Crippen LogP contribution in [0, 0.1) is 0 Å². The minimum absolute atomic E-state index is 0.980. The summed E-state index contributed by atoms with van der Waals surface area (Å²) >= 11 is 0. The number of hydrogen-bond donors (Lipinski definition) is 0. The number of aromatic nitrogens is 2. The molecule has 1 rings (SSSR count). The van der Waals surface area contributed by atoms with Gasteiger partial charge in [-0.15, -0.1) is 0 Å². The molecule has 0 amide bonds. The molecule has 0 spiro atoms. The van der Waals surface area contributed by atoms with Crippen molar-refractivity contribution in [1.82, 2.24) is 9.97 Å². The van der Waals surface area contributed by atoms with Gasteiger partial charge < -0.3 is 0 Å². The van der Waals surface area contributed by atoms with E-state index in [2.05, 4.69) is 29.0 Å². The van der Waals surface area contributed by atoms with E-state index in [0.717, 1.165) is 10.6 Å². The molecule has 0 radical (unpaired) electrons. The van der Waals surface area contributed by atoms with Gasteiger partial charge in [-0.3, -0.25) is 0 Å². The summed E-state index contributed by atoms with van der Waals surface area (Å²) in [6.07, 6.45) is 9.51. The highest BCUT2D eigenvalue weighted by Crippen LogP contribution is 1.90. The topological polar surface area (TPSA) is 25.8 Å². The second-order valence-corrected chi connectivity index (χ2v) is 2.83. The number of hydrogen-bond acceptors (Lipinski definition) is 2. The molecule has 13 heavy (non-hydrogen) atoms. The summed E-state index contributed by atoms with van der Waals surface area (Å²) < 4.78 is 0. The number of rotatable bonds is 1. The molecular formula is C11H14N2. The maximum atomic E-state index is 4.20. The van der Waals surface area contributed by atoms with Crippen LogP contribution in [0.25, 0.3) is 12.2 Å². The largest absolute Gasteiger partial charge is 0.244 e. The summed E-state index contributed by atoms with van der Waals surface area (Å²) in [6.45, 7) is 6.06. The van der Waals surface area contributed by atoms with Gasteiger partial charge in [-0.1, -0.05) is 17.7 Å². The van der Waals surface area contributed by atoms with Gasteiger partial charge in [0.2, 0.25) is 0 Å². The normalized spacial score (nSPS) is 15.2. The molecule has 0 aliphatic carbocycles. The minimum Gasteiger partial charge on any atom is -0.244 e. The van der Waals surface area contributed by atoms with E-state index in [1.54, 1.807) is 6.33 Å². The van der Waals surface area contributed by atoms with Crippen molar-refractivity contribution in [3.63, 3.8) is 0 Å². The second-order valence-electron chi connectivity index (χ2n) is 2.83. The molecule has 68 valence electrons. The van der Waals surface area contributed by atoms with Crippen LogP contribution in [0.2, 0.25) is 0 Å². The molecule has 0 aliphatic heterocycles. The maximum Gasteiger partial charge on any atom is 0.116 e. The zero-order valence-corrected chi connectivity index (χ0v) is 8.28. The summed E-state index contributed by atoms with van der Waals surface area (Å²) in [6, 6.07) is 0. The Morgan fingerprint density at radius 1 is 1.38 bits per heavy atom. The summed E-state index contributed by atoms with van der Waals surface area (Å²) in [5.41, 5.74) is 1.21. The zero-order valence-electron chi connectivity index (χ0n) is 8.28. The summed E-state index contributed by atoms with van der Waals surface area (Å²) in [5, 5.41) is 2.05. The summed E-state index contributed by atoms with van der Waals surface area (Å²) in [4.78, 5) is 8.17. The van der Waals surface area contributed by atoms with Crippen LogP contribution in [0.4, 0.5) is 0 Å². The van der Waals surface area contributed by atoms with E-state index in [0.29, 0.717) is 0 Å². The van der Waals surface area contributed by atoms with Gasteiger partial charge in [-0.05, 0) is 26.8 Å². The van der Waals surface area contributed by atoms with Crippen LogP contribution >= 0.6 is 0 Å². The van der Waals surface area contributed by atoms with Crippen LogP contribution in [-0.2, 0) is 0 Å². The van der Waals surface area contributed by atoms with Crippen molar-refractivity contribution in [2.45, 2.75) is 20.8 Å². The zero-order chi connectivity index (χ0) is 9.68. The molecule has 0 aliphatic rings. The highest BCUT2D eigenvalue weighted by atomic mass is 14.8. The predicted octanol–water partition coefficient (Wildman–Crippen LogP) is 1.02. The van der Waals surface area contributed by atoms with Gasteiger partial charge in [0.15, 0.2) is 0 Å². The van der Waals surface area contributed by atoms with E-state index < -0.39 is 0 Å². The molecular weight excluding hydrogens is 160 g/mol. The van der Waals surface area contributed by atoms with E-state index in [9.17, 15) is 0 Å². The third-order valence-corrected chi connectivity index (χ3v) is 1.90. The fourth-order valence-corrected chi connectivity index (χ4v) is 0.992. The SMILES string of the molecule is C\C=C(C)/C=c1/ncnc/c1=C/C. The van der Waals surface area contributed by atoms with Gasteiger partial charge in [0, 0.05) is 11.4 Å². The monoisotopic (exact) mass is 174 g/mol. The van der Waals surface area contributed by atoms with Crippen LogP contribution in [0.5, 0.6) is 0 Å². The van der Waals surface area contributed by atoms with Crippen LogP contribution in [0.15, 0.2) is 24.2 Å². The Kier molecular flexibility index (Phi) is 3.38. The molecule has 2 nitrogen and oxygen atoms in total. The van der Waals surface area contributed by atoms with Gasteiger partial charge in [0.1, 0.15) is 6.33 Å². The van der Waals surface area contributed by atoms with Crippen molar-refractivity contribution in [1.29, 1.82) is 0 Å². The fraction of sp³-hybridized carbons (Fsp3) is 0.273. The maximum absolute atomic E-state index is 4.20. The van der Waals surface area contributed by atoms with Gasteiger partial charge in [0.25, 0.3) is 0 Å². The van der Waals surface area contributed by atoms with Crippen molar-refractivity contribution < 1.29 is 0 Å². The summed E-state index contributed by atoms with van der Waals surface area (Å²) in [7, 11) is 0. The molecule has 0 N–H and O–H groups in total. The standard InChI is InChI=1S/C11H14N2/c1-4-9(3)6-11-10(5-2)7-12-8-13-11/h4-8H,1-3H3/b9-4-,10-5-,11-6+. The third-order valence-electron chi connectivity index (χ3n) is 1.90. The Hall–Kier alpha value is -1.44. The van der Waals surface area contributed by atoms with E-state index in [-0.39, 0.29) is 0 Å². The molecule has 2 heteroatoms.